The van der Waals surface area contributed by atoms with Crippen molar-refractivity contribution in [3.05, 3.63) is 32.5 Å². The molecule has 0 aliphatic rings. The molecule has 0 spiro atoms. The Morgan fingerprint density at radius 2 is 1.94 bits per heavy atom. The second-order valence-corrected chi connectivity index (χ2v) is 5.36. The lowest BCUT2D eigenvalue weighted by molar-refractivity contribution is 0.628. The van der Waals surface area contributed by atoms with Crippen LogP contribution in [0.4, 0.5) is 5.69 Å². The summed E-state index contributed by atoms with van der Waals surface area (Å²) in [6.45, 7) is 2.58. The van der Waals surface area contributed by atoms with Gasteiger partial charge in [0.15, 0.2) is 5.82 Å². The van der Waals surface area contributed by atoms with Crippen LogP contribution in [0.15, 0.2) is 21.1 Å². The molecule has 2 rings (SSSR count). The number of anilines is 1. The van der Waals surface area contributed by atoms with Crippen LogP contribution < -0.4 is 5.32 Å². The molecule has 0 unspecified atom stereocenters. The molecule has 1 aromatic carbocycles. The van der Waals surface area contributed by atoms with Crippen molar-refractivity contribution in [2.75, 3.05) is 5.32 Å². The summed E-state index contributed by atoms with van der Waals surface area (Å²) in [4.78, 5) is 1.44. The fourth-order valence-electron chi connectivity index (χ4n) is 1.43. The summed E-state index contributed by atoms with van der Waals surface area (Å²) in [5.74, 6) is 0.659. The third-order valence-corrected chi connectivity index (χ3v) is 3.41. The quantitative estimate of drug-likeness (QED) is 0.914. The molecular formula is C10H11Br2N5. The average Bonchev–Trinajstić information content (AvgIpc) is 2.62. The molecule has 5 nitrogen and oxygen atoms in total. The number of aryl methyl sites for hydroxylation is 2. The molecule has 0 radical (unpaired) electrons. The Morgan fingerprint density at radius 3 is 2.47 bits per heavy atom. The summed E-state index contributed by atoms with van der Waals surface area (Å²) in [5, 5.41) is 15.1. The molecule has 0 atom stereocenters. The first-order valence-corrected chi connectivity index (χ1v) is 6.57. The second-order valence-electron chi connectivity index (χ2n) is 3.65. The Balaban J connectivity index is 2.14. The number of nitrogens with zero attached hydrogens (tertiary/aromatic N) is 4. The van der Waals surface area contributed by atoms with Gasteiger partial charge in [-0.15, -0.1) is 10.2 Å². The average molecular weight is 361 g/mol. The molecule has 0 fully saturated rings. The van der Waals surface area contributed by atoms with Crippen LogP contribution in [-0.2, 0) is 13.6 Å². The van der Waals surface area contributed by atoms with Gasteiger partial charge in [0.1, 0.15) is 0 Å². The number of benzene rings is 1. The van der Waals surface area contributed by atoms with Crippen molar-refractivity contribution >= 4 is 37.5 Å². The van der Waals surface area contributed by atoms with Crippen molar-refractivity contribution in [2.24, 2.45) is 7.05 Å². The third kappa shape index (κ3) is 3.04. The molecule has 1 N–H and O–H groups in total. The standard InChI is InChI=1S/C10H11Br2N5/c1-6-3-7(11)10(8(12)4-6)13-5-9-14-16-17(2)15-9/h3-4,13H,5H2,1-2H3. The van der Waals surface area contributed by atoms with E-state index < -0.39 is 0 Å². The zero-order chi connectivity index (χ0) is 12.4. The van der Waals surface area contributed by atoms with Gasteiger partial charge in [0.05, 0.1) is 19.3 Å². The maximum Gasteiger partial charge on any atom is 0.193 e. The Labute approximate surface area is 116 Å². The van der Waals surface area contributed by atoms with Crippen LogP contribution >= 0.6 is 31.9 Å². The van der Waals surface area contributed by atoms with Crippen LogP contribution in [0.2, 0.25) is 0 Å². The lowest BCUT2D eigenvalue weighted by Crippen LogP contribution is -2.03. The molecule has 0 aliphatic carbocycles. The van der Waals surface area contributed by atoms with Crippen LogP contribution in [0.5, 0.6) is 0 Å². The Morgan fingerprint density at radius 1 is 1.29 bits per heavy atom. The highest BCUT2D eigenvalue weighted by Gasteiger charge is 2.07. The van der Waals surface area contributed by atoms with Crippen LogP contribution in [0.3, 0.4) is 0 Å². The first-order chi connectivity index (χ1) is 8.06. The molecule has 2 aromatic rings. The highest BCUT2D eigenvalue weighted by molar-refractivity contribution is 9.11. The smallest absolute Gasteiger partial charge is 0.193 e. The summed E-state index contributed by atoms with van der Waals surface area (Å²) in [5.41, 5.74) is 2.18. The van der Waals surface area contributed by atoms with E-state index in [1.165, 1.54) is 10.4 Å². The zero-order valence-electron chi connectivity index (χ0n) is 9.41. The van der Waals surface area contributed by atoms with Crippen LogP contribution in [-0.4, -0.2) is 20.2 Å². The van der Waals surface area contributed by atoms with Crippen molar-refractivity contribution in [2.45, 2.75) is 13.5 Å². The molecule has 17 heavy (non-hydrogen) atoms. The van der Waals surface area contributed by atoms with E-state index in [0.29, 0.717) is 12.4 Å². The van der Waals surface area contributed by atoms with Gasteiger partial charge in [0, 0.05) is 8.95 Å². The van der Waals surface area contributed by atoms with E-state index in [-0.39, 0.29) is 0 Å². The van der Waals surface area contributed by atoms with Crippen molar-refractivity contribution in [3.63, 3.8) is 0 Å². The molecule has 1 aromatic heterocycles. The number of hydrogen-bond acceptors (Lipinski definition) is 4. The summed E-state index contributed by atoms with van der Waals surface area (Å²) in [6.07, 6.45) is 0. The molecule has 7 heteroatoms. The minimum atomic E-state index is 0.536. The van der Waals surface area contributed by atoms with Gasteiger partial charge in [-0.2, -0.15) is 4.80 Å². The first kappa shape index (κ1) is 12.5. The van der Waals surface area contributed by atoms with Crippen molar-refractivity contribution in [1.29, 1.82) is 0 Å². The van der Waals surface area contributed by atoms with E-state index in [9.17, 15) is 0 Å². The van der Waals surface area contributed by atoms with E-state index in [0.717, 1.165) is 14.6 Å². The van der Waals surface area contributed by atoms with Gasteiger partial charge in [-0.25, -0.2) is 0 Å². The lowest BCUT2D eigenvalue weighted by Gasteiger charge is -2.10. The number of halogens is 2. The highest BCUT2D eigenvalue weighted by atomic mass is 79.9. The van der Waals surface area contributed by atoms with E-state index in [4.69, 9.17) is 0 Å². The molecule has 0 bridgehead atoms. The fraction of sp³-hybridized carbons (Fsp3) is 0.300. The van der Waals surface area contributed by atoms with Gasteiger partial charge < -0.3 is 5.32 Å². The molecule has 0 saturated carbocycles. The van der Waals surface area contributed by atoms with Crippen molar-refractivity contribution < 1.29 is 0 Å². The first-order valence-electron chi connectivity index (χ1n) is 4.98. The number of rotatable bonds is 3. The summed E-state index contributed by atoms with van der Waals surface area (Å²) in [6, 6.07) is 4.11. The fourth-order valence-corrected chi connectivity index (χ4v) is 3.13. The number of hydrogen-bond donors (Lipinski definition) is 1. The minimum Gasteiger partial charge on any atom is -0.376 e. The van der Waals surface area contributed by atoms with Crippen LogP contribution in [0.25, 0.3) is 0 Å². The SMILES string of the molecule is Cc1cc(Br)c(NCc2nnn(C)n2)c(Br)c1. The summed E-state index contributed by atoms with van der Waals surface area (Å²) >= 11 is 7.05. The molecule has 0 amide bonds. The summed E-state index contributed by atoms with van der Waals surface area (Å²) in [7, 11) is 1.74. The topological polar surface area (TPSA) is 55.6 Å². The number of aromatic nitrogens is 4. The van der Waals surface area contributed by atoms with Gasteiger partial charge in [-0.05, 0) is 61.7 Å². The zero-order valence-corrected chi connectivity index (χ0v) is 12.6. The normalized spacial score (nSPS) is 10.6. The number of tetrazole rings is 1. The van der Waals surface area contributed by atoms with Gasteiger partial charge in [-0.1, -0.05) is 0 Å². The molecule has 0 aliphatic heterocycles. The van der Waals surface area contributed by atoms with Gasteiger partial charge in [0.2, 0.25) is 0 Å². The van der Waals surface area contributed by atoms with Gasteiger partial charge >= 0.3 is 0 Å². The lowest BCUT2D eigenvalue weighted by atomic mass is 10.2. The second kappa shape index (κ2) is 5.14. The third-order valence-electron chi connectivity index (χ3n) is 2.16. The van der Waals surface area contributed by atoms with Gasteiger partial charge in [0.25, 0.3) is 0 Å². The van der Waals surface area contributed by atoms with Crippen LogP contribution in [0.1, 0.15) is 11.4 Å². The predicted molar refractivity (Wildman–Crippen MR) is 72.7 cm³/mol. The maximum absolute atomic E-state index is 4.10. The minimum absolute atomic E-state index is 0.536. The van der Waals surface area contributed by atoms with E-state index in [2.05, 4.69) is 64.7 Å². The van der Waals surface area contributed by atoms with Crippen LogP contribution in [0, 0.1) is 6.92 Å². The monoisotopic (exact) mass is 359 g/mol. The predicted octanol–water partition coefficient (Wildman–Crippen LogP) is 2.66. The summed E-state index contributed by atoms with van der Waals surface area (Å²) < 4.78 is 2.02. The van der Waals surface area contributed by atoms with Crippen molar-refractivity contribution in [3.8, 4) is 0 Å². The molecule has 1 heterocycles. The maximum atomic E-state index is 4.10. The molecular weight excluding hydrogens is 350 g/mol. The molecule has 0 saturated heterocycles. The largest absolute Gasteiger partial charge is 0.376 e. The Kier molecular flexibility index (Phi) is 3.78. The molecule has 90 valence electrons. The van der Waals surface area contributed by atoms with E-state index in [1.54, 1.807) is 7.05 Å². The Bertz CT molecular complexity index is 514. The highest BCUT2D eigenvalue weighted by Crippen LogP contribution is 2.32. The Hall–Kier alpha value is -0.950. The van der Waals surface area contributed by atoms with E-state index in [1.807, 2.05) is 6.92 Å². The number of nitrogens with one attached hydrogen (secondary N) is 1. The van der Waals surface area contributed by atoms with Gasteiger partial charge in [-0.3, -0.25) is 0 Å². The van der Waals surface area contributed by atoms with E-state index >= 15 is 0 Å². The van der Waals surface area contributed by atoms with Crippen molar-refractivity contribution in [1.82, 2.24) is 20.2 Å².